The molecule has 4 aromatic carbocycles. The minimum Gasteiger partial charge on any atom is -0.505 e. The van der Waals surface area contributed by atoms with Crippen LogP contribution in [0.1, 0.15) is 109 Å². The highest BCUT2D eigenvalue weighted by Gasteiger charge is 2.40. The molecule has 51 heavy (non-hydrogen) atoms. The first-order valence-electron chi connectivity index (χ1n) is 17.4. The standard InChI is InChI=1S/C41H49F3N6O/c1-25-29(38(5,6)7)18-20-32-35(25)49(50-46-31-19-17-27(41(42,43)44)22-33(31)47-50)48(45-32)34-23-28(39(8,9)24-37(2,3)4)21-30(36(34)51)40(10,11)26-15-13-12-14-16-26/h12-23,45,51H,24H2,1-11H3. The molecule has 270 valence electrons. The van der Waals surface area contributed by atoms with Gasteiger partial charge in [0, 0.05) is 11.0 Å². The molecule has 0 fully saturated rings. The van der Waals surface area contributed by atoms with Crippen LogP contribution in [0.5, 0.6) is 5.75 Å². The average Bonchev–Trinajstić information content (AvgIpc) is 3.61. The molecule has 0 amide bonds. The number of hydrogen-bond acceptors (Lipinski definition) is 6. The van der Waals surface area contributed by atoms with Crippen molar-refractivity contribution in [3.05, 3.63) is 106 Å². The molecular formula is C41H49F3N6O. The number of phenolic OH excluding ortho intramolecular Hbond substituents is 1. The number of aromatic nitrogens is 3. The van der Waals surface area contributed by atoms with Crippen LogP contribution in [0.4, 0.5) is 30.2 Å². The van der Waals surface area contributed by atoms with E-state index in [4.69, 9.17) is 5.10 Å². The van der Waals surface area contributed by atoms with Gasteiger partial charge in [0.2, 0.25) is 0 Å². The fraction of sp³-hybridized carbons (Fsp3) is 0.415. The lowest BCUT2D eigenvalue weighted by Crippen LogP contribution is -2.47. The highest BCUT2D eigenvalue weighted by atomic mass is 19.4. The Morgan fingerprint density at radius 3 is 1.96 bits per heavy atom. The Balaban J connectivity index is 1.63. The van der Waals surface area contributed by atoms with Crippen LogP contribution < -0.4 is 15.7 Å². The van der Waals surface area contributed by atoms with E-state index in [9.17, 15) is 18.3 Å². The van der Waals surface area contributed by atoms with Crippen LogP contribution in [0, 0.1) is 12.3 Å². The molecule has 7 nitrogen and oxygen atoms in total. The van der Waals surface area contributed by atoms with Gasteiger partial charge in [-0.3, -0.25) is 5.43 Å². The Labute approximate surface area is 299 Å². The summed E-state index contributed by atoms with van der Waals surface area (Å²) in [6.07, 6.45) is -3.66. The first kappa shape index (κ1) is 36.1. The molecule has 0 saturated heterocycles. The zero-order valence-corrected chi connectivity index (χ0v) is 31.5. The van der Waals surface area contributed by atoms with E-state index in [1.807, 2.05) is 37.3 Å². The van der Waals surface area contributed by atoms with Crippen LogP contribution in [-0.2, 0) is 22.4 Å². The lowest BCUT2D eigenvalue weighted by atomic mass is 9.70. The number of hydrogen-bond donors (Lipinski definition) is 2. The zero-order chi connectivity index (χ0) is 37.5. The lowest BCUT2D eigenvalue weighted by molar-refractivity contribution is -0.137. The number of halogens is 3. The van der Waals surface area contributed by atoms with Crippen molar-refractivity contribution in [2.45, 2.75) is 105 Å². The van der Waals surface area contributed by atoms with Crippen molar-refractivity contribution in [1.29, 1.82) is 0 Å². The summed E-state index contributed by atoms with van der Waals surface area (Å²) in [5, 5.41) is 25.2. The number of hydrazine groups is 2. The van der Waals surface area contributed by atoms with Crippen molar-refractivity contribution in [2.75, 3.05) is 15.7 Å². The molecule has 0 radical (unpaired) electrons. The Morgan fingerprint density at radius 2 is 1.35 bits per heavy atom. The van der Waals surface area contributed by atoms with Crippen LogP contribution in [0.3, 0.4) is 0 Å². The number of nitrogens with zero attached hydrogens (tertiary/aromatic N) is 5. The number of aromatic hydroxyl groups is 1. The van der Waals surface area contributed by atoms with Crippen molar-refractivity contribution >= 4 is 28.1 Å². The van der Waals surface area contributed by atoms with Gasteiger partial charge in [0.05, 0.1) is 11.3 Å². The molecular weight excluding hydrogens is 649 g/mol. The molecule has 0 bridgehead atoms. The van der Waals surface area contributed by atoms with Crippen LogP contribution in [0.2, 0.25) is 0 Å². The van der Waals surface area contributed by atoms with Crippen molar-refractivity contribution in [3.63, 3.8) is 0 Å². The number of phenols is 1. The van der Waals surface area contributed by atoms with Gasteiger partial charge in [-0.1, -0.05) is 117 Å². The summed E-state index contributed by atoms with van der Waals surface area (Å²) >= 11 is 0. The van der Waals surface area contributed by atoms with Gasteiger partial charge in [-0.15, -0.1) is 15.3 Å². The van der Waals surface area contributed by atoms with Crippen LogP contribution in [0.15, 0.2) is 72.8 Å². The number of anilines is 3. The number of rotatable bonds is 6. The molecule has 0 spiro atoms. The third kappa shape index (κ3) is 6.61. The molecule has 1 aliphatic heterocycles. The van der Waals surface area contributed by atoms with Crippen molar-refractivity contribution < 1.29 is 18.3 Å². The second-order valence-electron chi connectivity index (χ2n) is 17.3. The number of alkyl halides is 3. The van der Waals surface area contributed by atoms with E-state index in [2.05, 4.69) is 104 Å². The van der Waals surface area contributed by atoms with Gasteiger partial charge in [-0.2, -0.15) is 18.3 Å². The van der Waals surface area contributed by atoms with Crippen LogP contribution in [0.25, 0.3) is 11.0 Å². The largest absolute Gasteiger partial charge is 0.505 e. The monoisotopic (exact) mass is 698 g/mol. The molecule has 0 atom stereocenters. The van der Waals surface area contributed by atoms with E-state index in [0.29, 0.717) is 11.2 Å². The molecule has 0 unspecified atom stereocenters. The summed E-state index contributed by atoms with van der Waals surface area (Å²) in [6, 6.07) is 21.7. The summed E-state index contributed by atoms with van der Waals surface area (Å²) in [5.74, 6) is 0.0641. The maximum absolute atomic E-state index is 13.7. The maximum Gasteiger partial charge on any atom is 0.416 e. The van der Waals surface area contributed by atoms with Crippen molar-refractivity contribution in [2.24, 2.45) is 5.41 Å². The predicted molar refractivity (Wildman–Crippen MR) is 200 cm³/mol. The smallest absolute Gasteiger partial charge is 0.416 e. The van der Waals surface area contributed by atoms with Crippen LogP contribution >= 0.6 is 0 Å². The topological polar surface area (TPSA) is 69.5 Å². The van der Waals surface area contributed by atoms with Gasteiger partial charge in [0.1, 0.15) is 28.2 Å². The number of fused-ring (bicyclic) bond motifs is 2. The van der Waals surface area contributed by atoms with E-state index in [1.54, 1.807) is 10.2 Å². The Bertz CT molecular complexity index is 2100. The molecule has 2 heterocycles. The highest BCUT2D eigenvalue weighted by molar-refractivity contribution is 5.86. The SMILES string of the molecule is Cc1c(C(C)(C)C)ccc2c1N(n1nc3ccc(C(F)(F)F)cc3n1)N(c1cc(C(C)(C)CC(C)(C)C)cc(C(C)(C)c3ccccc3)c1O)N2. The van der Waals surface area contributed by atoms with E-state index >= 15 is 0 Å². The zero-order valence-electron chi connectivity index (χ0n) is 31.5. The predicted octanol–water partition coefficient (Wildman–Crippen LogP) is 10.8. The number of nitrogens with one attached hydrogen (secondary N) is 1. The fourth-order valence-electron chi connectivity index (χ4n) is 7.70. The Kier molecular flexibility index (Phi) is 8.43. The summed E-state index contributed by atoms with van der Waals surface area (Å²) in [7, 11) is 0. The summed E-state index contributed by atoms with van der Waals surface area (Å²) in [4.78, 5) is 1.32. The number of benzene rings is 4. The van der Waals surface area contributed by atoms with E-state index in [-0.39, 0.29) is 27.5 Å². The molecule has 0 saturated carbocycles. The molecule has 5 aromatic rings. The summed E-state index contributed by atoms with van der Waals surface area (Å²) in [5.41, 5.74) is 8.74. The fourth-order valence-corrected chi connectivity index (χ4v) is 7.70. The van der Waals surface area contributed by atoms with Gasteiger partial charge >= 0.3 is 6.18 Å². The second-order valence-corrected chi connectivity index (χ2v) is 17.3. The average molecular weight is 699 g/mol. The van der Waals surface area contributed by atoms with Gasteiger partial charge < -0.3 is 5.11 Å². The first-order valence-corrected chi connectivity index (χ1v) is 17.4. The Hall–Kier alpha value is -4.73. The minimum atomic E-state index is -4.53. The van der Waals surface area contributed by atoms with E-state index in [0.717, 1.165) is 57.7 Å². The van der Waals surface area contributed by atoms with E-state index in [1.165, 1.54) is 11.0 Å². The highest BCUT2D eigenvalue weighted by Crippen LogP contribution is 2.50. The van der Waals surface area contributed by atoms with Gasteiger partial charge in [0.25, 0.3) is 0 Å². The van der Waals surface area contributed by atoms with Crippen molar-refractivity contribution in [1.82, 2.24) is 15.1 Å². The molecule has 1 aromatic heterocycles. The molecule has 2 N–H and O–H groups in total. The minimum absolute atomic E-state index is 0.0135. The molecule has 10 heteroatoms. The molecule has 0 aliphatic carbocycles. The van der Waals surface area contributed by atoms with Gasteiger partial charge in [-0.25, -0.2) is 0 Å². The second kappa shape index (κ2) is 11.9. The molecule has 1 aliphatic rings. The van der Waals surface area contributed by atoms with Crippen LogP contribution in [-0.4, -0.2) is 20.2 Å². The third-order valence-electron chi connectivity index (χ3n) is 9.96. The summed E-state index contributed by atoms with van der Waals surface area (Å²) < 4.78 is 41.2. The van der Waals surface area contributed by atoms with Gasteiger partial charge in [-0.05, 0) is 82.2 Å². The normalized spacial score (nSPS) is 14.3. The first-order chi connectivity index (χ1) is 23.5. The third-order valence-corrected chi connectivity index (χ3v) is 9.96. The van der Waals surface area contributed by atoms with E-state index < -0.39 is 17.2 Å². The Morgan fingerprint density at radius 1 is 0.706 bits per heavy atom. The quantitative estimate of drug-likeness (QED) is 0.184. The lowest BCUT2D eigenvalue weighted by Gasteiger charge is -2.37. The maximum atomic E-state index is 13.7. The van der Waals surface area contributed by atoms with Gasteiger partial charge in [0.15, 0.2) is 0 Å². The van der Waals surface area contributed by atoms with Crippen molar-refractivity contribution in [3.8, 4) is 5.75 Å². The molecule has 6 rings (SSSR count). The summed E-state index contributed by atoms with van der Waals surface area (Å²) in [6.45, 7) is 23.7.